The van der Waals surface area contributed by atoms with Crippen LogP contribution in [-0.4, -0.2) is 32.6 Å². The molecule has 1 aromatic heterocycles. The van der Waals surface area contributed by atoms with Crippen LogP contribution in [0.1, 0.15) is 27.3 Å². The summed E-state index contributed by atoms with van der Waals surface area (Å²) in [4.78, 5) is 20.7. The Hall–Kier alpha value is -2.28. The molecule has 0 aliphatic carbocycles. The number of fused-ring (bicyclic) bond motifs is 3. The van der Waals surface area contributed by atoms with Crippen molar-refractivity contribution in [3.63, 3.8) is 0 Å². The highest BCUT2D eigenvalue weighted by Gasteiger charge is 2.28. The van der Waals surface area contributed by atoms with Gasteiger partial charge in [-0.2, -0.15) is 0 Å². The van der Waals surface area contributed by atoms with E-state index in [0.717, 1.165) is 16.8 Å². The molecule has 0 amide bonds. The summed E-state index contributed by atoms with van der Waals surface area (Å²) in [6.07, 6.45) is 1.86. The smallest absolute Gasteiger partial charge is 0.356 e. The average Bonchev–Trinajstić information content (AvgIpc) is 2.94. The van der Waals surface area contributed by atoms with Gasteiger partial charge in [0, 0.05) is 21.2 Å². The molecule has 0 bridgehead atoms. The molecule has 0 unspecified atom stereocenters. The minimum atomic E-state index is -1.08. The van der Waals surface area contributed by atoms with E-state index in [1.807, 2.05) is 41.2 Å². The molecule has 1 aliphatic heterocycles. The molecular weight excluding hydrogens is 405 g/mol. The van der Waals surface area contributed by atoms with Crippen LogP contribution in [0.3, 0.4) is 0 Å². The van der Waals surface area contributed by atoms with Crippen molar-refractivity contribution in [2.24, 2.45) is 4.99 Å². The van der Waals surface area contributed by atoms with Crippen LogP contribution in [0.25, 0.3) is 5.69 Å². The summed E-state index contributed by atoms with van der Waals surface area (Å²) in [5.41, 5.74) is 3.52. The molecule has 0 saturated carbocycles. The van der Waals surface area contributed by atoms with Crippen molar-refractivity contribution in [1.82, 2.24) is 9.55 Å². The largest absolute Gasteiger partial charge is 0.476 e. The van der Waals surface area contributed by atoms with E-state index in [0.29, 0.717) is 26.6 Å². The molecule has 4 rings (SSSR count). The second-order valence-corrected chi connectivity index (χ2v) is 7.46. The number of hydrogen-bond donors (Lipinski definition) is 1. The van der Waals surface area contributed by atoms with Gasteiger partial charge in [0.05, 0.1) is 23.6 Å². The highest BCUT2D eigenvalue weighted by molar-refractivity contribution is 7.98. The topological polar surface area (TPSA) is 67.5 Å². The third kappa shape index (κ3) is 3.04. The van der Waals surface area contributed by atoms with Crippen molar-refractivity contribution in [2.75, 3.05) is 6.26 Å². The predicted molar refractivity (Wildman–Crippen MR) is 108 cm³/mol. The highest BCUT2D eigenvalue weighted by atomic mass is 35.5. The number of benzene rings is 2. The maximum absolute atomic E-state index is 11.7. The number of carboxylic acids is 1. The Balaban J connectivity index is 2.05. The number of thioether (sulfide) groups is 1. The van der Waals surface area contributed by atoms with E-state index in [1.54, 1.807) is 12.1 Å². The fourth-order valence-electron chi connectivity index (χ4n) is 3.15. The van der Waals surface area contributed by atoms with Gasteiger partial charge >= 0.3 is 5.97 Å². The third-order valence-electron chi connectivity index (χ3n) is 4.30. The molecule has 0 saturated heterocycles. The first-order valence-corrected chi connectivity index (χ1v) is 9.98. The van der Waals surface area contributed by atoms with E-state index < -0.39 is 5.97 Å². The molecule has 1 N–H and O–H groups in total. The number of aromatic carboxylic acids is 1. The molecule has 0 fully saturated rings. The maximum Gasteiger partial charge on any atom is 0.356 e. The zero-order valence-electron chi connectivity index (χ0n) is 14.1. The van der Waals surface area contributed by atoms with E-state index in [1.165, 1.54) is 11.8 Å². The standard InChI is InChI=1S/C19H13Cl2N3O2S/c1-27-19-23-17(18(25)26)15-9-22-16(11-4-2-3-5-13(11)21)12-8-10(20)6-7-14(12)24(15)19/h2-8H,9H2,1H3,(H,25,26). The number of carboxylic acid groups (broad SMARTS) is 1. The average molecular weight is 418 g/mol. The highest BCUT2D eigenvalue weighted by Crippen LogP contribution is 2.34. The number of carbonyl (C=O) groups is 1. The van der Waals surface area contributed by atoms with Crippen LogP contribution in [0.2, 0.25) is 10.0 Å². The molecule has 1 aliphatic rings. The number of nitrogens with zero attached hydrogens (tertiary/aromatic N) is 3. The normalized spacial score (nSPS) is 12.8. The zero-order chi connectivity index (χ0) is 19.1. The van der Waals surface area contributed by atoms with Gasteiger partial charge < -0.3 is 5.11 Å². The Morgan fingerprint density at radius 3 is 2.67 bits per heavy atom. The minimum Gasteiger partial charge on any atom is -0.476 e. The van der Waals surface area contributed by atoms with E-state index in [4.69, 9.17) is 28.2 Å². The van der Waals surface area contributed by atoms with Crippen LogP contribution in [0, 0.1) is 0 Å². The van der Waals surface area contributed by atoms with Crippen molar-refractivity contribution in [3.05, 3.63) is 75.0 Å². The first kappa shape index (κ1) is 18.1. The number of aliphatic imine (C=N–C) groups is 1. The van der Waals surface area contributed by atoms with Crippen molar-refractivity contribution in [3.8, 4) is 5.69 Å². The van der Waals surface area contributed by atoms with Crippen molar-refractivity contribution < 1.29 is 9.90 Å². The van der Waals surface area contributed by atoms with Crippen molar-refractivity contribution in [1.29, 1.82) is 0 Å². The second kappa shape index (κ2) is 7.03. The van der Waals surface area contributed by atoms with Gasteiger partial charge in [-0.05, 0) is 30.5 Å². The number of rotatable bonds is 3. The molecule has 2 aromatic carbocycles. The first-order valence-electron chi connectivity index (χ1n) is 7.99. The Morgan fingerprint density at radius 1 is 1.19 bits per heavy atom. The molecule has 0 spiro atoms. The predicted octanol–water partition coefficient (Wildman–Crippen LogP) is 4.95. The van der Waals surface area contributed by atoms with Gasteiger partial charge in [-0.3, -0.25) is 9.56 Å². The molecule has 136 valence electrons. The lowest BCUT2D eigenvalue weighted by Gasteiger charge is -2.14. The fraction of sp³-hybridized carbons (Fsp3) is 0.105. The summed E-state index contributed by atoms with van der Waals surface area (Å²) in [6.45, 7) is 0.169. The molecule has 27 heavy (non-hydrogen) atoms. The van der Waals surface area contributed by atoms with Crippen LogP contribution < -0.4 is 0 Å². The van der Waals surface area contributed by atoms with Gasteiger partial charge in [-0.15, -0.1) is 0 Å². The molecule has 0 radical (unpaired) electrons. The monoisotopic (exact) mass is 417 g/mol. The lowest BCUT2D eigenvalue weighted by Crippen LogP contribution is -2.08. The van der Waals surface area contributed by atoms with Gasteiger partial charge in [0.25, 0.3) is 0 Å². The van der Waals surface area contributed by atoms with Crippen LogP contribution in [-0.2, 0) is 6.54 Å². The van der Waals surface area contributed by atoms with Crippen molar-refractivity contribution in [2.45, 2.75) is 11.7 Å². The molecule has 8 heteroatoms. The summed E-state index contributed by atoms with van der Waals surface area (Å²) < 4.78 is 1.84. The summed E-state index contributed by atoms with van der Waals surface area (Å²) in [7, 11) is 0. The van der Waals surface area contributed by atoms with Crippen LogP contribution in [0.15, 0.2) is 52.6 Å². The number of hydrogen-bond acceptors (Lipinski definition) is 4. The van der Waals surface area contributed by atoms with E-state index in [2.05, 4.69) is 4.98 Å². The SMILES string of the molecule is CSc1nc(C(=O)O)c2n1-c1ccc(Cl)cc1C(c1ccccc1Cl)=NC2. The third-order valence-corrected chi connectivity index (χ3v) is 5.50. The minimum absolute atomic E-state index is 0.00408. The van der Waals surface area contributed by atoms with Crippen LogP contribution in [0.4, 0.5) is 0 Å². The first-order chi connectivity index (χ1) is 13.0. The summed E-state index contributed by atoms with van der Waals surface area (Å²) in [5.74, 6) is -1.08. The van der Waals surface area contributed by atoms with E-state index >= 15 is 0 Å². The van der Waals surface area contributed by atoms with Crippen LogP contribution >= 0.6 is 35.0 Å². The molecule has 0 atom stereocenters. The lowest BCUT2D eigenvalue weighted by atomic mass is 10.0. The summed E-state index contributed by atoms with van der Waals surface area (Å²) >= 11 is 14.1. The molecule has 3 aromatic rings. The lowest BCUT2D eigenvalue weighted by molar-refractivity contribution is 0.0689. The molecular formula is C19H13Cl2N3O2S. The van der Waals surface area contributed by atoms with Gasteiger partial charge in [0.2, 0.25) is 0 Å². The van der Waals surface area contributed by atoms with E-state index in [9.17, 15) is 9.90 Å². The Labute approximate surface area is 169 Å². The summed E-state index contributed by atoms with van der Waals surface area (Å²) in [5, 5.41) is 11.3. The summed E-state index contributed by atoms with van der Waals surface area (Å²) in [6, 6.07) is 12.9. The Kier molecular flexibility index (Phi) is 4.72. The molecule has 5 nitrogen and oxygen atoms in total. The van der Waals surface area contributed by atoms with E-state index in [-0.39, 0.29) is 12.2 Å². The number of halogens is 2. The second-order valence-electron chi connectivity index (χ2n) is 5.84. The maximum atomic E-state index is 11.7. The Morgan fingerprint density at radius 2 is 1.96 bits per heavy atom. The van der Waals surface area contributed by atoms with Crippen molar-refractivity contribution >= 4 is 46.6 Å². The fourth-order valence-corrected chi connectivity index (χ4v) is 4.12. The van der Waals surface area contributed by atoms with Gasteiger partial charge in [-0.25, -0.2) is 9.78 Å². The number of imidazole rings is 1. The van der Waals surface area contributed by atoms with Gasteiger partial charge in [-0.1, -0.05) is 53.2 Å². The zero-order valence-corrected chi connectivity index (χ0v) is 16.4. The van der Waals surface area contributed by atoms with Gasteiger partial charge in [0.1, 0.15) is 0 Å². The van der Waals surface area contributed by atoms with Crippen LogP contribution in [0.5, 0.6) is 0 Å². The quantitative estimate of drug-likeness (QED) is 0.612. The molecule has 2 heterocycles. The number of aromatic nitrogens is 2. The Bertz CT molecular complexity index is 1110. The van der Waals surface area contributed by atoms with Gasteiger partial charge in [0.15, 0.2) is 10.9 Å².